The van der Waals surface area contributed by atoms with E-state index >= 15 is 0 Å². The Labute approximate surface area is 158 Å². The van der Waals surface area contributed by atoms with Crippen LogP contribution in [-0.4, -0.2) is 46.7 Å². The van der Waals surface area contributed by atoms with E-state index in [1.54, 1.807) is 30.3 Å². The van der Waals surface area contributed by atoms with Crippen LogP contribution in [0.15, 0.2) is 47.4 Å². The monoisotopic (exact) mass is 371 g/mol. The first-order chi connectivity index (χ1) is 13.0. The van der Waals surface area contributed by atoms with Gasteiger partial charge in [0.1, 0.15) is 5.75 Å². The van der Waals surface area contributed by atoms with Gasteiger partial charge in [-0.1, -0.05) is 18.2 Å². The summed E-state index contributed by atoms with van der Waals surface area (Å²) < 4.78 is 5.23. The summed E-state index contributed by atoms with van der Waals surface area (Å²) in [6.07, 6.45) is 2.69. The molecule has 0 aliphatic carbocycles. The van der Waals surface area contributed by atoms with Crippen LogP contribution in [0.4, 0.5) is 0 Å². The number of piperidine rings is 1. The maximum Gasteiger partial charge on any atom is 0.256 e. The predicted molar refractivity (Wildman–Crippen MR) is 101 cm³/mol. The Morgan fingerprint density at radius 2 is 2.15 bits per heavy atom. The fourth-order valence-corrected chi connectivity index (χ4v) is 3.37. The Morgan fingerprint density at radius 3 is 2.93 bits per heavy atom. The van der Waals surface area contributed by atoms with E-state index in [0.717, 1.165) is 17.7 Å². The number of carbonyl (C=O) groups excluding carboxylic acids is 1. The molecule has 1 aromatic carbocycles. The maximum absolute atomic E-state index is 12.9. The number of pyridine rings is 1. The number of aromatic nitrogens is 1. The molecular weight excluding hydrogens is 346 g/mol. The molecule has 2 heterocycles. The quantitative estimate of drug-likeness (QED) is 0.676. The molecule has 7 heteroatoms. The summed E-state index contributed by atoms with van der Waals surface area (Å²) in [5.41, 5.74) is -0.113. The van der Waals surface area contributed by atoms with Gasteiger partial charge in [0.15, 0.2) is 5.60 Å². The highest BCUT2D eigenvalue weighted by Crippen LogP contribution is 2.24. The summed E-state index contributed by atoms with van der Waals surface area (Å²) in [5, 5.41) is 13.9. The minimum absolute atomic E-state index is 0.106. The number of hydrogen-bond acceptors (Lipinski definition) is 5. The zero-order valence-electron chi connectivity index (χ0n) is 15.4. The third kappa shape index (κ3) is 4.56. The minimum atomic E-state index is -1.46. The molecule has 0 spiro atoms. The van der Waals surface area contributed by atoms with Gasteiger partial charge >= 0.3 is 0 Å². The van der Waals surface area contributed by atoms with Crippen molar-refractivity contribution in [2.24, 2.45) is 0 Å². The Balaban J connectivity index is 1.62. The third-order valence-corrected chi connectivity index (χ3v) is 4.84. The number of amides is 1. The van der Waals surface area contributed by atoms with Crippen molar-refractivity contribution in [3.63, 3.8) is 0 Å². The number of aromatic amines is 1. The SMILES string of the molecule is COc1cccc(CN2CCC[C@@](O)(CNCc3ccc[nH]c3=O)C2=O)c1. The second-order valence-corrected chi connectivity index (χ2v) is 6.84. The number of likely N-dealkylation sites (tertiary alicyclic amines) is 1. The second kappa shape index (κ2) is 8.37. The summed E-state index contributed by atoms with van der Waals surface area (Å²) in [5.74, 6) is 0.452. The van der Waals surface area contributed by atoms with Gasteiger partial charge in [-0.3, -0.25) is 9.59 Å². The Morgan fingerprint density at radius 1 is 1.30 bits per heavy atom. The number of nitrogens with one attached hydrogen (secondary N) is 2. The van der Waals surface area contributed by atoms with Crippen LogP contribution in [0.3, 0.4) is 0 Å². The van der Waals surface area contributed by atoms with E-state index in [-0.39, 0.29) is 18.0 Å². The van der Waals surface area contributed by atoms with Gasteiger partial charge in [0, 0.05) is 37.9 Å². The van der Waals surface area contributed by atoms with Crippen LogP contribution in [0.5, 0.6) is 5.75 Å². The van der Waals surface area contributed by atoms with Gasteiger partial charge in [-0.2, -0.15) is 0 Å². The molecule has 1 amide bonds. The minimum Gasteiger partial charge on any atom is -0.497 e. The first-order valence-corrected chi connectivity index (χ1v) is 9.04. The lowest BCUT2D eigenvalue weighted by molar-refractivity contribution is -0.157. The molecule has 7 nitrogen and oxygen atoms in total. The lowest BCUT2D eigenvalue weighted by Gasteiger charge is -2.38. The van der Waals surface area contributed by atoms with Crippen molar-refractivity contribution in [3.8, 4) is 5.75 Å². The molecule has 3 rings (SSSR count). The zero-order valence-corrected chi connectivity index (χ0v) is 15.4. The predicted octanol–water partition coefficient (Wildman–Crippen LogP) is 1.03. The number of aliphatic hydroxyl groups is 1. The topological polar surface area (TPSA) is 94.7 Å². The molecule has 27 heavy (non-hydrogen) atoms. The normalized spacial score (nSPS) is 19.9. The van der Waals surface area contributed by atoms with Crippen LogP contribution in [0.1, 0.15) is 24.0 Å². The van der Waals surface area contributed by atoms with Crippen LogP contribution in [0.25, 0.3) is 0 Å². The number of ether oxygens (including phenoxy) is 1. The van der Waals surface area contributed by atoms with Gasteiger partial charge in [0.25, 0.3) is 11.5 Å². The molecule has 0 unspecified atom stereocenters. The maximum atomic E-state index is 12.9. The molecular formula is C20H25N3O4. The lowest BCUT2D eigenvalue weighted by atomic mass is 9.91. The summed E-state index contributed by atoms with van der Waals surface area (Å²) >= 11 is 0. The molecule has 1 atom stereocenters. The van der Waals surface area contributed by atoms with Gasteiger partial charge in [0.2, 0.25) is 0 Å². The lowest BCUT2D eigenvalue weighted by Crippen LogP contribution is -2.57. The number of methoxy groups -OCH3 is 1. The number of hydrogen-bond donors (Lipinski definition) is 3. The molecule has 2 aromatic rings. The molecule has 1 aliphatic rings. The molecule has 0 bridgehead atoms. The van der Waals surface area contributed by atoms with E-state index < -0.39 is 5.60 Å². The standard InChI is InChI=1S/C20H25N3O4/c1-27-17-7-2-5-15(11-17)13-23-10-4-8-20(26,19(23)25)14-21-12-16-6-3-9-22-18(16)24/h2-3,5-7,9,11,21,26H,4,8,10,12-14H2,1H3,(H,22,24)/t20-/m1/s1. The molecule has 3 N–H and O–H groups in total. The van der Waals surface area contributed by atoms with Crippen molar-refractivity contribution < 1.29 is 14.6 Å². The fraction of sp³-hybridized carbons (Fsp3) is 0.400. The van der Waals surface area contributed by atoms with Crippen molar-refractivity contribution in [3.05, 3.63) is 64.1 Å². The second-order valence-electron chi connectivity index (χ2n) is 6.84. The fourth-order valence-electron chi connectivity index (χ4n) is 3.37. The van der Waals surface area contributed by atoms with Crippen molar-refractivity contribution in [1.29, 1.82) is 0 Å². The van der Waals surface area contributed by atoms with E-state index in [0.29, 0.717) is 31.6 Å². The number of rotatable bonds is 7. The molecule has 0 radical (unpaired) electrons. The Hall–Kier alpha value is -2.64. The summed E-state index contributed by atoms with van der Waals surface area (Å²) in [7, 11) is 1.60. The molecule has 0 saturated carbocycles. The molecule has 1 fully saturated rings. The van der Waals surface area contributed by atoms with Crippen LogP contribution in [-0.2, 0) is 17.9 Å². The first-order valence-electron chi connectivity index (χ1n) is 9.04. The van der Waals surface area contributed by atoms with Crippen LogP contribution < -0.4 is 15.6 Å². The van der Waals surface area contributed by atoms with Gasteiger partial charge in [-0.15, -0.1) is 0 Å². The molecule has 144 valence electrons. The van der Waals surface area contributed by atoms with Gasteiger partial charge in [0.05, 0.1) is 7.11 Å². The van der Waals surface area contributed by atoms with Gasteiger partial charge in [-0.25, -0.2) is 0 Å². The van der Waals surface area contributed by atoms with E-state index in [4.69, 9.17) is 4.74 Å². The highest BCUT2D eigenvalue weighted by atomic mass is 16.5. The van der Waals surface area contributed by atoms with E-state index in [9.17, 15) is 14.7 Å². The van der Waals surface area contributed by atoms with E-state index in [2.05, 4.69) is 10.3 Å². The average Bonchev–Trinajstić information content (AvgIpc) is 2.67. The average molecular weight is 371 g/mol. The highest BCUT2D eigenvalue weighted by Gasteiger charge is 2.41. The zero-order chi connectivity index (χ0) is 19.3. The van der Waals surface area contributed by atoms with Crippen molar-refractivity contribution >= 4 is 5.91 Å². The molecule has 1 aliphatic heterocycles. The summed E-state index contributed by atoms with van der Waals surface area (Å²) in [4.78, 5) is 28.8. The van der Waals surface area contributed by atoms with Crippen LogP contribution in [0.2, 0.25) is 0 Å². The molecule has 1 saturated heterocycles. The van der Waals surface area contributed by atoms with E-state index in [1.165, 1.54) is 0 Å². The van der Waals surface area contributed by atoms with Gasteiger partial charge < -0.3 is 25.0 Å². The number of H-pyrrole nitrogens is 1. The number of benzene rings is 1. The van der Waals surface area contributed by atoms with Crippen molar-refractivity contribution in [2.75, 3.05) is 20.2 Å². The third-order valence-electron chi connectivity index (χ3n) is 4.84. The van der Waals surface area contributed by atoms with Crippen molar-refractivity contribution in [1.82, 2.24) is 15.2 Å². The Bertz CT molecular complexity index is 851. The first kappa shape index (κ1) is 19.1. The number of nitrogens with zero attached hydrogens (tertiary/aromatic N) is 1. The smallest absolute Gasteiger partial charge is 0.256 e. The van der Waals surface area contributed by atoms with Gasteiger partial charge in [-0.05, 0) is 36.6 Å². The van der Waals surface area contributed by atoms with Crippen LogP contribution >= 0.6 is 0 Å². The number of carbonyl (C=O) groups is 1. The van der Waals surface area contributed by atoms with E-state index in [1.807, 2.05) is 24.3 Å². The Kier molecular flexibility index (Phi) is 5.93. The molecule has 1 aromatic heterocycles. The summed E-state index contributed by atoms with van der Waals surface area (Å²) in [6.45, 7) is 1.43. The largest absolute Gasteiger partial charge is 0.497 e. The van der Waals surface area contributed by atoms with Crippen molar-refractivity contribution in [2.45, 2.75) is 31.5 Å². The summed E-state index contributed by atoms with van der Waals surface area (Å²) in [6, 6.07) is 11.0. The van der Waals surface area contributed by atoms with Crippen LogP contribution in [0, 0.1) is 0 Å². The highest BCUT2D eigenvalue weighted by molar-refractivity contribution is 5.86.